The smallest absolute Gasteiger partial charge is 0.234 e. The quantitative estimate of drug-likeness (QED) is 0.860. The minimum Gasteiger partial charge on any atom is -0.309 e. The maximum Gasteiger partial charge on any atom is 0.234 e. The number of anilines is 1. The highest BCUT2D eigenvalue weighted by molar-refractivity contribution is 9.10. The number of halogens is 1. The molecular formula is C15H21BrN2O. The molecule has 0 saturated carbocycles. The average Bonchev–Trinajstić information content (AvgIpc) is 2.41. The fourth-order valence-corrected chi connectivity index (χ4v) is 2.79. The van der Waals surface area contributed by atoms with Crippen LogP contribution in [0.25, 0.3) is 0 Å². The normalized spacial score (nSPS) is 22.2. The molecule has 1 aromatic rings. The van der Waals surface area contributed by atoms with Crippen molar-refractivity contribution >= 4 is 27.5 Å². The van der Waals surface area contributed by atoms with Gasteiger partial charge in [-0.1, -0.05) is 12.1 Å². The van der Waals surface area contributed by atoms with E-state index in [9.17, 15) is 4.79 Å². The van der Waals surface area contributed by atoms with Crippen molar-refractivity contribution < 1.29 is 4.79 Å². The third kappa shape index (κ3) is 3.00. The van der Waals surface area contributed by atoms with Crippen LogP contribution in [-0.2, 0) is 4.79 Å². The van der Waals surface area contributed by atoms with Gasteiger partial charge in [-0.2, -0.15) is 0 Å². The van der Waals surface area contributed by atoms with Crippen LogP contribution in [-0.4, -0.2) is 24.5 Å². The lowest BCUT2D eigenvalue weighted by Crippen LogP contribution is -2.47. The zero-order chi connectivity index (χ0) is 14.3. The van der Waals surface area contributed by atoms with Gasteiger partial charge in [0, 0.05) is 23.1 Å². The van der Waals surface area contributed by atoms with Crippen molar-refractivity contribution in [3.63, 3.8) is 0 Å². The number of benzene rings is 1. The van der Waals surface area contributed by atoms with E-state index in [1.807, 2.05) is 43.0 Å². The van der Waals surface area contributed by atoms with Gasteiger partial charge in [0.05, 0.1) is 11.1 Å². The number of hydrogen-bond donors (Lipinski definition) is 1. The average molecular weight is 325 g/mol. The lowest BCUT2D eigenvalue weighted by Gasteiger charge is -2.31. The van der Waals surface area contributed by atoms with Gasteiger partial charge in [0.15, 0.2) is 0 Å². The fraction of sp³-hybridized carbons (Fsp3) is 0.533. The summed E-state index contributed by atoms with van der Waals surface area (Å²) >= 11 is 3.55. The fourth-order valence-electron chi connectivity index (χ4n) is 2.29. The van der Waals surface area contributed by atoms with Crippen LogP contribution >= 0.6 is 15.9 Å². The maximum atomic E-state index is 12.8. The topological polar surface area (TPSA) is 32.3 Å². The molecule has 0 radical (unpaired) electrons. The number of amides is 1. The van der Waals surface area contributed by atoms with Crippen LogP contribution in [0.2, 0.25) is 0 Å². The number of para-hydroxylation sites is 1. The summed E-state index contributed by atoms with van der Waals surface area (Å²) in [5, 5.41) is 3.48. The van der Waals surface area contributed by atoms with Crippen LogP contribution in [0.5, 0.6) is 0 Å². The molecule has 3 nitrogen and oxygen atoms in total. The second kappa shape index (κ2) is 4.91. The summed E-state index contributed by atoms with van der Waals surface area (Å²) < 4.78 is 0.955. The summed E-state index contributed by atoms with van der Waals surface area (Å²) in [6.07, 6.45) is 0. The van der Waals surface area contributed by atoms with Gasteiger partial charge >= 0.3 is 0 Å². The van der Waals surface area contributed by atoms with Crippen molar-refractivity contribution in [1.29, 1.82) is 0 Å². The first kappa shape index (κ1) is 14.5. The third-order valence-corrected chi connectivity index (χ3v) is 4.20. The molecule has 0 aliphatic carbocycles. The second-order valence-corrected chi connectivity index (χ2v) is 7.32. The van der Waals surface area contributed by atoms with E-state index in [0.717, 1.165) is 10.2 Å². The molecule has 2 rings (SSSR count). The van der Waals surface area contributed by atoms with E-state index in [-0.39, 0.29) is 11.4 Å². The highest BCUT2D eigenvalue weighted by atomic mass is 79.9. The zero-order valence-electron chi connectivity index (χ0n) is 12.0. The number of carbonyl (C=O) groups is 1. The number of rotatable bonds is 1. The van der Waals surface area contributed by atoms with E-state index in [0.29, 0.717) is 13.1 Å². The lowest BCUT2D eigenvalue weighted by molar-refractivity contribution is -0.125. The Hall–Kier alpha value is -0.870. The Balaban J connectivity index is 2.46. The first-order valence-corrected chi connectivity index (χ1v) is 7.34. The molecule has 1 aliphatic heterocycles. The van der Waals surface area contributed by atoms with Gasteiger partial charge in [0.1, 0.15) is 0 Å². The van der Waals surface area contributed by atoms with E-state index < -0.39 is 5.41 Å². The molecule has 1 aliphatic rings. The van der Waals surface area contributed by atoms with E-state index in [1.54, 1.807) is 0 Å². The van der Waals surface area contributed by atoms with Crippen LogP contribution < -0.4 is 10.2 Å². The predicted octanol–water partition coefficient (Wildman–Crippen LogP) is 3.19. The highest BCUT2D eigenvalue weighted by Gasteiger charge is 2.40. The Morgan fingerprint density at radius 3 is 2.47 bits per heavy atom. The molecule has 0 bridgehead atoms. The first-order valence-electron chi connectivity index (χ1n) is 6.54. The number of nitrogens with zero attached hydrogens (tertiary/aromatic N) is 1. The van der Waals surface area contributed by atoms with E-state index >= 15 is 0 Å². The largest absolute Gasteiger partial charge is 0.309 e. The Labute approximate surface area is 123 Å². The molecule has 0 aromatic heterocycles. The minimum atomic E-state index is -0.400. The monoisotopic (exact) mass is 324 g/mol. The van der Waals surface area contributed by atoms with Gasteiger partial charge in [0.2, 0.25) is 5.91 Å². The van der Waals surface area contributed by atoms with Gasteiger partial charge in [-0.15, -0.1) is 0 Å². The highest BCUT2D eigenvalue weighted by Crippen LogP contribution is 2.32. The van der Waals surface area contributed by atoms with Gasteiger partial charge in [-0.25, -0.2) is 0 Å². The first-order chi connectivity index (χ1) is 8.73. The van der Waals surface area contributed by atoms with E-state index in [2.05, 4.69) is 35.1 Å². The van der Waals surface area contributed by atoms with Crippen molar-refractivity contribution in [3.05, 3.63) is 28.7 Å². The summed E-state index contributed by atoms with van der Waals surface area (Å²) in [7, 11) is 0. The van der Waals surface area contributed by atoms with Crippen molar-refractivity contribution in [2.75, 3.05) is 18.0 Å². The molecule has 0 atom stereocenters. The number of carbonyl (C=O) groups excluding carboxylic acids is 1. The molecule has 1 saturated heterocycles. The molecule has 0 spiro atoms. The van der Waals surface area contributed by atoms with Crippen molar-refractivity contribution in [3.8, 4) is 0 Å². The molecular weight excluding hydrogens is 304 g/mol. The van der Waals surface area contributed by atoms with Crippen LogP contribution in [0.3, 0.4) is 0 Å². The predicted molar refractivity (Wildman–Crippen MR) is 82.4 cm³/mol. The Kier molecular flexibility index (Phi) is 3.76. The lowest BCUT2D eigenvalue weighted by atomic mass is 9.91. The summed E-state index contributed by atoms with van der Waals surface area (Å²) in [6.45, 7) is 9.61. The zero-order valence-corrected chi connectivity index (χ0v) is 13.5. The van der Waals surface area contributed by atoms with Crippen LogP contribution in [0, 0.1) is 5.41 Å². The van der Waals surface area contributed by atoms with Gasteiger partial charge in [-0.05, 0) is 55.8 Å². The molecule has 1 aromatic carbocycles. The maximum absolute atomic E-state index is 12.8. The van der Waals surface area contributed by atoms with Crippen molar-refractivity contribution in [1.82, 2.24) is 5.32 Å². The summed E-state index contributed by atoms with van der Waals surface area (Å²) in [4.78, 5) is 14.7. The summed E-state index contributed by atoms with van der Waals surface area (Å²) in [5.41, 5.74) is 0.444. The number of hydrogen-bond acceptors (Lipinski definition) is 2. The Bertz CT molecular complexity index is 497. The molecule has 19 heavy (non-hydrogen) atoms. The van der Waals surface area contributed by atoms with Crippen LogP contribution in [0.15, 0.2) is 28.7 Å². The van der Waals surface area contributed by atoms with Crippen LogP contribution in [0.1, 0.15) is 27.7 Å². The van der Waals surface area contributed by atoms with E-state index in [1.165, 1.54) is 0 Å². The van der Waals surface area contributed by atoms with Gasteiger partial charge in [-0.3, -0.25) is 4.79 Å². The molecule has 1 amide bonds. The van der Waals surface area contributed by atoms with Crippen molar-refractivity contribution in [2.24, 2.45) is 5.41 Å². The minimum absolute atomic E-state index is 0.0985. The molecule has 4 heteroatoms. The molecule has 1 heterocycles. The van der Waals surface area contributed by atoms with Gasteiger partial charge in [0.25, 0.3) is 0 Å². The molecule has 0 unspecified atom stereocenters. The molecule has 1 N–H and O–H groups in total. The summed E-state index contributed by atoms with van der Waals surface area (Å²) in [5.74, 6) is 0.164. The molecule has 104 valence electrons. The Morgan fingerprint density at radius 2 is 1.84 bits per heavy atom. The van der Waals surface area contributed by atoms with Gasteiger partial charge < -0.3 is 10.2 Å². The summed E-state index contributed by atoms with van der Waals surface area (Å²) in [6, 6.07) is 7.89. The second-order valence-electron chi connectivity index (χ2n) is 6.46. The van der Waals surface area contributed by atoms with Crippen LogP contribution in [0.4, 0.5) is 5.69 Å². The third-order valence-electron chi connectivity index (χ3n) is 3.53. The Morgan fingerprint density at radius 1 is 1.21 bits per heavy atom. The molecule has 1 fully saturated rings. The SMILES string of the molecule is CC1(C)CN(c2ccccc2Br)C(=O)C(C)(C)CN1. The van der Waals surface area contributed by atoms with Crippen molar-refractivity contribution in [2.45, 2.75) is 33.2 Å². The van der Waals surface area contributed by atoms with E-state index in [4.69, 9.17) is 0 Å². The standard InChI is InChI=1S/C15H21BrN2O/c1-14(2)9-17-15(3,4)10-18(13(14)19)12-8-6-5-7-11(12)16/h5-8,17H,9-10H2,1-4H3. The number of nitrogens with one attached hydrogen (secondary N) is 1.